The molecule has 0 bridgehead atoms. The average Bonchev–Trinajstić information content (AvgIpc) is 2.69. The standard InChI is InChI=1S/C14H16F2N2O/c1-3-12-7-13(18(2)17-12)8-14(19)9-4-10(15)6-11(16)5-9/h4-7,14,19H,3,8H2,1-2H3. The lowest BCUT2D eigenvalue weighted by atomic mass is 10.0. The van der Waals surface area contributed by atoms with Gasteiger partial charge in [-0.2, -0.15) is 5.10 Å². The van der Waals surface area contributed by atoms with Gasteiger partial charge in [0.15, 0.2) is 0 Å². The summed E-state index contributed by atoms with van der Waals surface area (Å²) in [5.41, 5.74) is 1.99. The highest BCUT2D eigenvalue weighted by molar-refractivity contribution is 5.22. The van der Waals surface area contributed by atoms with Crippen molar-refractivity contribution in [3.05, 3.63) is 52.9 Å². The largest absolute Gasteiger partial charge is 0.388 e. The van der Waals surface area contributed by atoms with Crippen LogP contribution in [0.15, 0.2) is 24.3 Å². The van der Waals surface area contributed by atoms with E-state index in [9.17, 15) is 13.9 Å². The van der Waals surface area contributed by atoms with E-state index in [2.05, 4.69) is 5.10 Å². The predicted octanol–water partition coefficient (Wildman–Crippen LogP) is 2.54. The minimum absolute atomic E-state index is 0.233. The number of aliphatic hydroxyl groups excluding tert-OH is 1. The van der Waals surface area contributed by atoms with Gasteiger partial charge in [0, 0.05) is 25.2 Å². The maximum absolute atomic E-state index is 13.1. The molecule has 0 spiro atoms. The summed E-state index contributed by atoms with van der Waals surface area (Å²) in [5.74, 6) is -1.37. The lowest BCUT2D eigenvalue weighted by molar-refractivity contribution is 0.175. The predicted molar refractivity (Wildman–Crippen MR) is 67.6 cm³/mol. The average molecular weight is 266 g/mol. The van der Waals surface area contributed by atoms with Crippen LogP contribution < -0.4 is 0 Å². The van der Waals surface area contributed by atoms with Gasteiger partial charge in [0.25, 0.3) is 0 Å². The van der Waals surface area contributed by atoms with E-state index in [0.717, 1.165) is 36.0 Å². The summed E-state index contributed by atoms with van der Waals surface area (Å²) in [6.45, 7) is 1.99. The van der Waals surface area contributed by atoms with Crippen molar-refractivity contribution in [1.29, 1.82) is 0 Å². The number of hydrogen-bond acceptors (Lipinski definition) is 2. The molecular formula is C14H16F2N2O. The van der Waals surface area contributed by atoms with E-state index in [-0.39, 0.29) is 12.0 Å². The topological polar surface area (TPSA) is 38.0 Å². The third-order valence-electron chi connectivity index (χ3n) is 3.06. The van der Waals surface area contributed by atoms with Crippen molar-refractivity contribution < 1.29 is 13.9 Å². The van der Waals surface area contributed by atoms with Crippen LogP contribution in [0, 0.1) is 11.6 Å². The molecule has 0 aliphatic heterocycles. The van der Waals surface area contributed by atoms with Gasteiger partial charge in [0.2, 0.25) is 0 Å². The number of nitrogens with zero attached hydrogens (tertiary/aromatic N) is 2. The first-order valence-corrected chi connectivity index (χ1v) is 6.15. The molecule has 0 aliphatic carbocycles. The molecule has 1 N–H and O–H groups in total. The van der Waals surface area contributed by atoms with Crippen molar-refractivity contribution in [3.8, 4) is 0 Å². The minimum atomic E-state index is -0.953. The van der Waals surface area contributed by atoms with E-state index in [1.165, 1.54) is 0 Å². The number of rotatable bonds is 4. The number of aliphatic hydroxyl groups is 1. The molecular weight excluding hydrogens is 250 g/mol. The molecule has 0 radical (unpaired) electrons. The van der Waals surface area contributed by atoms with E-state index in [1.807, 2.05) is 13.0 Å². The Morgan fingerprint density at radius 2 is 1.84 bits per heavy atom. The van der Waals surface area contributed by atoms with Crippen molar-refractivity contribution in [2.24, 2.45) is 7.05 Å². The fraction of sp³-hybridized carbons (Fsp3) is 0.357. The maximum Gasteiger partial charge on any atom is 0.126 e. The fourth-order valence-corrected chi connectivity index (χ4v) is 2.02. The zero-order chi connectivity index (χ0) is 14.0. The van der Waals surface area contributed by atoms with Crippen LogP contribution in [0.4, 0.5) is 8.78 Å². The first kappa shape index (κ1) is 13.7. The molecule has 0 fully saturated rings. The molecule has 1 unspecified atom stereocenters. The molecule has 3 nitrogen and oxygen atoms in total. The molecule has 1 aromatic heterocycles. The highest BCUT2D eigenvalue weighted by Gasteiger charge is 2.14. The summed E-state index contributed by atoms with van der Waals surface area (Å²) in [7, 11) is 1.79. The van der Waals surface area contributed by atoms with Gasteiger partial charge < -0.3 is 5.11 Å². The van der Waals surface area contributed by atoms with Crippen LogP contribution in [-0.2, 0) is 19.9 Å². The van der Waals surface area contributed by atoms with Gasteiger partial charge in [0.1, 0.15) is 11.6 Å². The SMILES string of the molecule is CCc1cc(CC(O)c2cc(F)cc(F)c2)n(C)n1. The van der Waals surface area contributed by atoms with E-state index in [1.54, 1.807) is 11.7 Å². The molecule has 102 valence electrons. The summed E-state index contributed by atoms with van der Waals surface area (Å²) >= 11 is 0. The molecule has 5 heteroatoms. The number of aryl methyl sites for hydroxylation is 2. The highest BCUT2D eigenvalue weighted by atomic mass is 19.1. The van der Waals surface area contributed by atoms with Crippen molar-refractivity contribution >= 4 is 0 Å². The van der Waals surface area contributed by atoms with Crippen LogP contribution in [-0.4, -0.2) is 14.9 Å². The smallest absolute Gasteiger partial charge is 0.126 e. The second kappa shape index (κ2) is 5.48. The second-order valence-corrected chi connectivity index (χ2v) is 4.53. The normalized spacial score (nSPS) is 12.7. The Bertz CT molecular complexity index is 561. The van der Waals surface area contributed by atoms with Gasteiger partial charge in [-0.25, -0.2) is 8.78 Å². The van der Waals surface area contributed by atoms with Crippen LogP contribution in [0.2, 0.25) is 0 Å². The molecule has 1 aromatic carbocycles. The van der Waals surface area contributed by atoms with Crippen molar-refractivity contribution in [2.45, 2.75) is 25.9 Å². The van der Waals surface area contributed by atoms with Crippen molar-refractivity contribution in [3.63, 3.8) is 0 Å². The zero-order valence-corrected chi connectivity index (χ0v) is 10.9. The third kappa shape index (κ3) is 3.17. The van der Waals surface area contributed by atoms with E-state index in [0.29, 0.717) is 0 Å². The number of hydrogen-bond donors (Lipinski definition) is 1. The van der Waals surface area contributed by atoms with Gasteiger partial charge in [-0.15, -0.1) is 0 Å². The Labute approximate surface area is 110 Å². The van der Waals surface area contributed by atoms with Crippen molar-refractivity contribution in [2.75, 3.05) is 0 Å². The Morgan fingerprint density at radius 3 is 2.37 bits per heavy atom. The van der Waals surface area contributed by atoms with Crippen LogP contribution in [0.25, 0.3) is 0 Å². The minimum Gasteiger partial charge on any atom is -0.388 e. The molecule has 19 heavy (non-hydrogen) atoms. The summed E-state index contributed by atoms with van der Waals surface area (Å²) in [4.78, 5) is 0. The maximum atomic E-state index is 13.1. The Morgan fingerprint density at radius 1 is 1.21 bits per heavy atom. The highest BCUT2D eigenvalue weighted by Crippen LogP contribution is 2.20. The van der Waals surface area contributed by atoms with Gasteiger partial charge >= 0.3 is 0 Å². The molecule has 2 rings (SSSR count). The van der Waals surface area contributed by atoms with Crippen LogP contribution in [0.5, 0.6) is 0 Å². The summed E-state index contributed by atoms with van der Waals surface area (Å²) in [6.07, 6.45) is 0.121. The van der Waals surface area contributed by atoms with Crippen molar-refractivity contribution in [1.82, 2.24) is 9.78 Å². The van der Waals surface area contributed by atoms with E-state index in [4.69, 9.17) is 0 Å². The Kier molecular flexibility index (Phi) is 3.95. The number of aromatic nitrogens is 2. The molecule has 1 atom stereocenters. The monoisotopic (exact) mass is 266 g/mol. The first-order chi connectivity index (χ1) is 8.99. The Balaban J connectivity index is 2.20. The molecule has 1 heterocycles. The number of halogens is 2. The molecule has 2 aromatic rings. The summed E-state index contributed by atoms with van der Waals surface area (Å²) in [5, 5.41) is 14.3. The summed E-state index contributed by atoms with van der Waals surface area (Å²) in [6, 6.07) is 4.96. The van der Waals surface area contributed by atoms with Crippen LogP contribution in [0.3, 0.4) is 0 Å². The van der Waals surface area contributed by atoms with Gasteiger partial charge in [0.05, 0.1) is 11.8 Å². The lowest BCUT2D eigenvalue weighted by Crippen LogP contribution is -2.07. The quantitative estimate of drug-likeness (QED) is 0.923. The second-order valence-electron chi connectivity index (χ2n) is 4.53. The lowest BCUT2D eigenvalue weighted by Gasteiger charge is -2.11. The molecule has 0 saturated heterocycles. The van der Waals surface area contributed by atoms with Gasteiger partial charge in [-0.3, -0.25) is 4.68 Å². The van der Waals surface area contributed by atoms with Crippen LogP contribution >= 0.6 is 0 Å². The van der Waals surface area contributed by atoms with Crippen LogP contribution in [0.1, 0.15) is 30.0 Å². The third-order valence-corrected chi connectivity index (χ3v) is 3.06. The van der Waals surface area contributed by atoms with Gasteiger partial charge in [-0.1, -0.05) is 6.92 Å². The molecule has 0 aliphatic rings. The fourth-order valence-electron chi connectivity index (χ4n) is 2.02. The first-order valence-electron chi connectivity index (χ1n) is 6.15. The molecule has 0 saturated carbocycles. The Hall–Kier alpha value is -1.75. The summed E-state index contributed by atoms with van der Waals surface area (Å²) < 4.78 is 27.9. The zero-order valence-electron chi connectivity index (χ0n) is 10.9. The van der Waals surface area contributed by atoms with Gasteiger partial charge in [-0.05, 0) is 30.2 Å². The molecule has 0 amide bonds. The van der Waals surface area contributed by atoms with E-state index < -0.39 is 17.7 Å². The number of benzene rings is 1. The van der Waals surface area contributed by atoms with E-state index >= 15 is 0 Å².